The summed E-state index contributed by atoms with van der Waals surface area (Å²) in [6.07, 6.45) is 7.73. The molecule has 4 aromatic heterocycles. The molecule has 0 N–H and O–H groups in total. The second-order valence-corrected chi connectivity index (χ2v) is 12.4. The predicted octanol–water partition coefficient (Wildman–Crippen LogP) is 8.22. The van der Waals surface area contributed by atoms with E-state index in [9.17, 15) is 0 Å². The maximum atomic E-state index is 4.58. The van der Waals surface area contributed by atoms with Gasteiger partial charge in [-0.2, -0.15) is 0 Å². The molecule has 180 valence electrons. The van der Waals surface area contributed by atoms with Gasteiger partial charge in [-0.25, -0.2) is 0 Å². The van der Waals surface area contributed by atoms with Gasteiger partial charge < -0.3 is 9.62 Å². The molecule has 7 heterocycles. The zero-order chi connectivity index (χ0) is 25.2. The van der Waals surface area contributed by atoms with E-state index in [0.29, 0.717) is 0 Å². The van der Waals surface area contributed by atoms with Crippen LogP contribution in [0.15, 0.2) is 104 Å². The lowest BCUT2D eigenvalue weighted by Gasteiger charge is -2.37. The summed E-state index contributed by atoms with van der Waals surface area (Å²) in [4.78, 5) is 14.0. The van der Waals surface area contributed by atoms with Crippen molar-refractivity contribution in [2.24, 2.45) is 0 Å². The van der Waals surface area contributed by atoms with Crippen LogP contribution in [0.1, 0.15) is 0 Å². The third-order valence-corrected chi connectivity index (χ3v) is 10.7. The smallest absolute Gasteiger partial charge is 0.358 e. The highest BCUT2D eigenvalue weighted by Crippen LogP contribution is 2.63. The molecule has 4 nitrogen and oxygen atoms in total. The molecule has 0 saturated heterocycles. The molecule has 7 heteroatoms. The molecule has 0 atom stereocenters. The van der Waals surface area contributed by atoms with Gasteiger partial charge in [0.2, 0.25) is 0 Å². The van der Waals surface area contributed by atoms with E-state index in [-0.39, 0.29) is 6.98 Å². The molecule has 0 radical (unpaired) electrons. The van der Waals surface area contributed by atoms with Crippen LogP contribution in [0.3, 0.4) is 0 Å². The molecule has 0 bridgehead atoms. The Morgan fingerprint density at radius 1 is 0.641 bits per heavy atom. The fourth-order valence-corrected chi connectivity index (χ4v) is 9.37. The van der Waals surface area contributed by atoms with Crippen molar-refractivity contribution in [1.82, 2.24) is 9.97 Å². The van der Waals surface area contributed by atoms with Gasteiger partial charge in [-0.05, 0) is 64.5 Å². The van der Waals surface area contributed by atoms with Crippen molar-refractivity contribution in [3.05, 3.63) is 104 Å². The van der Waals surface area contributed by atoms with Crippen molar-refractivity contribution < 1.29 is 0 Å². The summed E-state index contributed by atoms with van der Waals surface area (Å²) in [5.74, 6) is 0. The van der Waals surface area contributed by atoms with Gasteiger partial charge >= 0.3 is 6.98 Å². The Labute approximate surface area is 232 Å². The highest BCUT2D eigenvalue weighted by molar-refractivity contribution is 7.32. The van der Waals surface area contributed by atoms with Gasteiger partial charge in [-0.3, -0.25) is 9.97 Å². The van der Waals surface area contributed by atoms with Crippen LogP contribution in [-0.2, 0) is 0 Å². The summed E-state index contributed by atoms with van der Waals surface area (Å²) in [7, 11) is 0. The van der Waals surface area contributed by atoms with E-state index in [1.165, 1.54) is 80.4 Å². The number of nitrogens with zero attached hydrogens (tertiary/aromatic N) is 4. The van der Waals surface area contributed by atoms with Gasteiger partial charge in [-0.15, -0.1) is 22.7 Å². The Kier molecular flexibility index (Phi) is 3.75. The summed E-state index contributed by atoms with van der Waals surface area (Å²) in [6, 6.07) is 28.9. The van der Waals surface area contributed by atoms with Crippen LogP contribution in [-0.4, -0.2) is 17.0 Å². The fourth-order valence-electron chi connectivity index (χ4n) is 6.81. The Morgan fingerprint density at radius 3 is 2.44 bits per heavy atom. The first-order chi connectivity index (χ1) is 19.4. The second-order valence-electron chi connectivity index (χ2n) is 10.2. The second kappa shape index (κ2) is 7.14. The number of thiophene rings is 2. The van der Waals surface area contributed by atoms with E-state index in [1.807, 2.05) is 41.3 Å². The molecule has 0 amide bonds. The van der Waals surface area contributed by atoms with Crippen LogP contribution < -0.4 is 14.4 Å². The number of rotatable bonds is 1. The zero-order valence-electron chi connectivity index (χ0n) is 20.5. The molecule has 0 saturated carbocycles. The largest absolute Gasteiger partial charge is 0.432 e. The Hall–Kier alpha value is -4.46. The third kappa shape index (κ3) is 2.46. The number of hydrogen-bond donors (Lipinski definition) is 0. The SMILES string of the molecule is c1ccc2c3c(sc2c1)B1N(c2ccncc2-3)c2sc3cccc4c3c2N1c1ccc(-c2ccncc2)cc1-4. The molecule has 0 unspecified atom stereocenters. The number of aromatic nitrogens is 2. The quantitative estimate of drug-likeness (QED) is 0.200. The minimum absolute atomic E-state index is 0.0665. The Balaban J connectivity index is 1.32. The summed E-state index contributed by atoms with van der Waals surface area (Å²) in [5, 5.41) is 4.00. The monoisotopic (exact) mass is 532 g/mol. The van der Waals surface area contributed by atoms with Crippen LogP contribution in [0, 0.1) is 0 Å². The lowest BCUT2D eigenvalue weighted by atomic mass is 9.64. The van der Waals surface area contributed by atoms with Crippen molar-refractivity contribution in [1.29, 1.82) is 0 Å². The zero-order valence-corrected chi connectivity index (χ0v) is 22.1. The van der Waals surface area contributed by atoms with E-state index in [4.69, 9.17) is 0 Å². The van der Waals surface area contributed by atoms with Gasteiger partial charge in [0.05, 0.1) is 5.69 Å². The van der Waals surface area contributed by atoms with E-state index in [1.54, 1.807) is 0 Å². The predicted molar refractivity (Wildman–Crippen MR) is 165 cm³/mol. The molecular formula is C32H17BN4S2. The van der Waals surface area contributed by atoms with Crippen LogP contribution in [0.4, 0.5) is 22.1 Å². The topological polar surface area (TPSA) is 32.3 Å². The lowest BCUT2D eigenvalue weighted by Crippen LogP contribution is -2.54. The average Bonchev–Trinajstić information content (AvgIpc) is 3.67. The van der Waals surface area contributed by atoms with Crippen molar-refractivity contribution in [3.63, 3.8) is 0 Å². The highest BCUT2D eigenvalue weighted by Gasteiger charge is 2.53. The van der Waals surface area contributed by atoms with Gasteiger partial charge in [0.1, 0.15) is 5.00 Å². The molecule has 3 aliphatic heterocycles. The number of anilines is 4. The van der Waals surface area contributed by atoms with Crippen molar-refractivity contribution in [2.75, 3.05) is 9.62 Å². The molecule has 3 aromatic carbocycles. The van der Waals surface area contributed by atoms with Gasteiger partial charge in [-0.1, -0.05) is 36.4 Å². The number of fused-ring (bicyclic) bond motifs is 13. The molecule has 0 aliphatic carbocycles. The number of hydrogen-bond acceptors (Lipinski definition) is 6. The molecule has 3 aliphatic rings. The van der Waals surface area contributed by atoms with Gasteiger partial charge in [0.15, 0.2) is 0 Å². The maximum absolute atomic E-state index is 4.58. The van der Waals surface area contributed by atoms with Crippen molar-refractivity contribution in [3.8, 4) is 33.4 Å². The third-order valence-electron chi connectivity index (χ3n) is 8.37. The molecular weight excluding hydrogens is 515 g/mol. The summed E-state index contributed by atoms with van der Waals surface area (Å²) in [6.45, 7) is 0.0665. The van der Waals surface area contributed by atoms with Crippen LogP contribution in [0.2, 0.25) is 0 Å². The summed E-state index contributed by atoms with van der Waals surface area (Å²) in [5.41, 5.74) is 11.4. The van der Waals surface area contributed by atoms with E-state index in [0.717, 1.165) is 0 Å². The summed E-state index contributed by atoms with van der Waals surface area (Å²) < 4.78 is 4.04. The van der Waals surface area contributed by atoms with E-state index < -0.39 is 0 Å². The Bertz CT molecular complexity index is 2170. The van der Waals surface area contributed by atoms with Gasteiger partial charge in [0.25, 0.3) is 0 Å². The number of benzene rings is 3. The normalized spacial score (nSPS) is 14.0. The summed E-state index contributed by atoms with van der Waals surface area (Å²) >= 11 is 3.83. The van der Waals surface area contributed by atoms with Crippen LogP contribution >= 0.6 is 22.7 Å². The Morgan fingerprint density at radius 2 is 1.49 bits per heavy atom. The lowest BCUT2D eigenvalue weighted by molar-refractivity contribution is 1.30. The maximum Gasteiger partial charge on any atom is 0.432 e. The highest BCUT2D eigenvalue weighted by atomic mass is 32.1. The van der Waals surface area contributed by atoms with Gasteiger partial charge in [0, 0.05) is 72.4 Å². The van der Waals surface area contributed by atoms with Crippen LogP contribution in [0.5, 0.6) is 0 Å². The first-order valence-corrected chi connectivity index (χ1v) is 14.6. The van der Waals surface area contributed by atoms with Crippen molar-refractivity contribution in [2.45, 2.75) is 0 Å². The minimum atomic E-state index is 0.0665. The van der Waals surface area contributed by atoms with E-state index >= 15 is 0 Å². The average molecular weight is 532 g/mol. The molecule has 7 aromatic rings. The molecule has 10 rings (SSSR count). The minimum Gasteiger partial charge on any atom is -0.358 e. The van der Waals surface area contributed by atoms with E-state index in [2.05, 4.69) is 105 Å². The first-order valence-electron chi connectivity index (χ1n) is 13.0. The fraction of sp³-hybridized carbons (Fsp3) is 0. The molecule has 39 heavy (non-hydrogen) atoms. The van der Waals surface area contributed by atoms with Crippen LogP contribution in [0.25, 0.3) is 53.6 Å². The molecule has 0 fully saturated rings. The number of pyridine rings is 2. The molecule has 0 spiro atoms. The van der Waals surface area contributed by atoms with Crippen molar-refractivity contribution >= 4 is 76.7 Å². The first kappa shape index (κ1) is 20.5. The standard InChI is InChI=1S/C32H17BN4S2/c1-2-6-26-21(4-1)28-23-17-35-15-12-25(23)37-32-30-29-20(5-3-7-27(29)39-32)22-16-19(18-10-13-34-14-11-18)8-9-24(22)36(30)33(37)31(28)38-26/h1-17H.